The molecule has 0 bridgehead atoms. The highest BCUT2D eigenvalue weighted by Gasteiger charge is 2.34. The number of nitrogens with two attached hydrogens (primary N) is 1. The normalized spacial score (nSPS) is 16.0. The van der Waals surface area contributed by atoms with Gasteiger partial charge in [-0.25, -0.2) is 4.79 Å². The van der Waals surface area contributed by atoms with Gasteiger partial charge in [-0.1, -0.05) is 66.7 Å². The van der Waals surface area contributed by atoms with Crippen molar-refractivity contribution in [1.29, 1.82) is 0 Å². The fourth-order valence-corrected chi connectivity index (χ4v) is 2.72. The van der Waals surface area contributed by atoms with Crippen LogP contribution in [0.25, 0.3) is 0 Å². The second-order valence-electron chi connectivity index (χ2n) is 5.34. The second-order valence-corrected chi connectivity index (χ2v) is 5.34. The van der Waals surface area contributed by atoms with Crippen LogP contribution in [0.1, 0.15) is 18.4 Å². The van der Waals surface area contributed by atoms with E-state index in [1.165, 1.54) is 0 Å². The van der Waals surface area contributed by atoms with Crippen molar-refractivity contribution in [3.63, 3.8) is 0 Å². The predicted molar refractivity (Wildman–Crippen MR) is 89.4 cm³/mol. The molecular weight excluding hydrogens is 274 g/mol. The lowest BCUT2D eigenvalue weighted by Crippen LogP contribution is -2.53. The Morgan fingerprint density at radius 3 is 1.82 bits per heavy atom. The molecule has 1 heterocycles. The molecule has 0 spiro atoms. The molecule has 1 aliphatic rings. The van der Waals surface area contributed by atoms with Crippen molar-refractivity contribution in [2.75, 3.05) is 13.1 Å². The number of piperidine rings is 1. The number of rotatable bonds is 2. The summed E-state index contributed by atoms with van der Waals surface area (Å²) in [6.45, 7) is 1.80. The zero-order valence-corrected chi connectivity index (χ0v) is 12.7. The summed E-state index contributed by atoms with van der Waals surface area (Å²) in [7, 11) is 0. The molecule has 2 aromatic carbocycles. The molecule has 1 fully saturated rings. The molecule has 1 saturated heterocycles. The Balaban J connectivity index is 0.000000246. The summed E-state index contributed by atoms with van der Waals surface area (Å²) in [6.07, 6.45) is 1.75. The largest absolute Gasteiger partial charge is 0.352 e. The van der Waals surface area contributed by atoms with Gasteiger partial charge in [0.25, 0.3) is 0 Å². The zero-order valence-electron chi connectivity index (χ0n) is 12.7. The molecule has 3 rings (SSSR count). The van der Waals surface area contributed by atoms with Crippen molar-refractivity contribution in [1.82, 2.24) is 10.6 Å². The van der Waals surface area contributed by atoms with E-state index in [0.717, 1.165) is 31.5 Å². The molecular formula is C18H23N3O. The number of urea groups is 1. The van der Waals surface area contributed by atoms with Gasteiger partial charge in [0.1, 0.15) is 0 Å². The average Bonchev–Trinajstić information content (AvgIpc) is 2.58. The summed E-state index contributed by atoms with van der Waals surface area (Å²) >= 11 is 0. The molecule has 0 aromatic heterocycles. The van der Waals surface area contributed by atoms with Crippen molar-refractivity contribution >= 4 is 6.03 Å². The number of carbonyl (C=O) groups is 1. The third-order valence-electron chi connectivity index (χ3n) is 3.81. The molecule has 0 unspecified atom stereocenters. The maximum Gasteiger partial charge on any atom is 0.312 e. The van der Waals surface area contributed by atoms with Gasteiger partial charge >= 0.3 is 6.03 Å². The van der Waals surface area contributed by atoms with Crippen LogP contribution in [0.3, 0.4) is 0 Å². The van der Waals surface area contributed by atoms with Crippen LogP contribution in [0.5, 0.6) is 0 Å². The summed E-state index contributed by atoms with van der Waals surface area (Å²) in [6, 6.07) is 21.6. The third-order valence-corrected chi connectivity index (χ3v) is 3.81. The maximum absolute atomic E-state index is 11.1. The lowest BCUT2D eigenvalue weighted by molar-refractivity contribution is 0.214. The quantitative estimate of drug-likeness (QED) is 0.797. The Kier molecular flexibility index (Phi) is 5.98. The van der Waals surface area contributed by atoms with Crippen molar-refractivity contribution in [2.24, 2.45) is 5.73 Å². The van der Waals surface area contributed by atoms with Crippen molar-refractivity contribution in [2.45, 2.75) is 18.4 Å². The third kappa shape index (κ3) is 4.60. The number of hydrogen-bond acceptors (Lipinski definition) is 2. The fraction of sp³-hybridized carbons (Fsp3) is 0.278. The smallest absolute Gasteiger partial charge is 0.312 e. The summed E-state index contributed by atoms with van der Waals surface area (Å²) in [4.78, 5) is 11.1. The summed E-state index contributed by atoms with van der Waals surface area (Å²) in [5.41, 5.74) is 6.12. The SMILES string of the molecule is NC(=O)NC1(c2ccccc2)CCNCC1.c1ccccc1. The number of amides is 2. The fourth-order valence-electron chi connectivity index (χ4n) is 2.72. The van der Waals surface area contributed by atoms with Crippen LogP contribution >= 0.6 is 0 Å². The minimum Gasteiger partial charge on any atom is -0.352 e. The molecule has 0 radical (unpaired) electrons. The summed E-state index contributed by atoms with van der Waals surface area (Å²) in [5, 5.41) is 6.20. The Morgan fingerprint density at radius 2 is 1.36 bits per heavy atom. The number of hydrogen-bond donors (Lipinski definition) is 3. The topological polar surface area (TPSA) is 67.2 Å². The first-order chi connectivity index (χ1) is 10.7. The van der Waals surface area contributed by atoms with Gasteiger partial charge in [-0.2, -0.15) is 0 Å². The molecule has 2 amide bonds. The standard InChI is InChI=1S/C12H17N3O.C6H6/c13-11(16)15-12(6-8-14-9-7-12)10-4-2-1-3-5-10;1-2-4-6-5-3-1/h1-5,14H,6-9H2,(H3,13,15,16);1-6H. The lowest BCUT2D eigenvalue weighted by atomic mass is 9.81. The molecule has 0 aliphatic carbocycles. The van der Waals surface area contributed by atoms with Gasteiger partial charge in [0, 0.05) is 0 Å². The van der Waals surface area contributed by atoms with Gasteiger partial charge < -0.3 is 16.4 Å². The number of benzene rings is 2. The first-order valence-corrected chi connectivity index (χ1v) is 7.57. The molecule has 116 valence electrons. The van der Waals surface area contributed by atoms with E-state index in [-0.39, 0.29) is 5.54 Å². The molecule has 4 heteroatoms. The Morgan fingerprint density at radius 1 is 0.909 bits per heavy atom. The van der Waals surface area contributed by atoms with E-state index in [4.69, 9.17) is 5.73 Å². The maximum atomic E-state index is 11.1. The van der Waals surface area contributed by atoms with Gasteiger partial charge in [0.2, 0.25) is 0 Å². The summed E-state index contributed by atoms with van der Waals surface area (Å²) < 4.78 is 0. The molecule has 1 aliphatic heterocycles. The number of nitrogens with one attached hydrogen (secondary N) is 2. The first kappa shape index (κ1) is 16.0. The molecule has 0 saturated carbocycles. The van der Waals surface area contributed by atoms with Crippen LogP contribution < -0.4 is 16.4 Å². The average molecular weight is 297 g/mol. The molecule has 2 aromatic rings. The Hall–Kier alpha value is -2.33. The monoisotopic (exact) mass is 297 g/mol. The van der Waals surface area contributed by atoms with E-state index >= 15 is 0 Å². The molecule has 4 N–H and O–H groups in total. The minimum absolute atomic E-state index is 0.293. The van der Waals surface area contributed by atoms with Gasteiger partial charge in [0.15, 0.2) is 0 Å². The zero-order chi connectivity index (χ0) is 15.7. The number of primary amides is 1. The highest BCUT2D eigenvalue weighted by molar-refractivity contribution is 5.73. The van der Waals surface area contributed by atoms with Gasteiger partial charge in [-0.15, -0.1) is 0 Å². The summed E-state index contributed by atoms with van der Waals surface area (Å²) in [5.74, 6) is 0. The van der Waals surface area contributed by atoms with E-state index in [1.807, 2.05) is 66.7 Å². The molecule has 0 atom stereocenters. The first-order valence-electron chi connectivity index (χ1n) is 7.57. The van der Waals surface area contributed by atoms with E-state index in [9.17, 15) is 4.79 Å². The van der Waals surface area contributed by atoms with E-state index in [1.54, 1.807) is 0 Å². The van der Waals surface area contributed by atoms with E-state index in [2.05, 4.69) is 10.6 Å². The van der Waals surface area contributed by atoms with Crippen LogP contribution in [0, 0.1) is 0 Å². The number of carbonyl (C=O) groups excluding carboxylic acids is 1. The predicted octanol–water partition coefficient (Wildman–Crippen LogP) is 2.62. The second kappa shape index (κ2) is 8.20. The van der Waals surface area contributed by atoms with Crippen molar-refractivity contribution in [3.05, 3.63) is 72.3 Å². The van der Waals surface area contributed by atoms with E-state index in [0.29, 0.717) is 0 Å². The van der Waals surface area contributed by atoms with Gasteiger partial charge in [-0.05, 0) is 31.5 Å². The highest BCUT2D eigenvalue weighted by Crippen LogP contribution is 2.30. The van der Waals surface area contributed by atoms with Crippen molar-refractivity contribution < 1.29 is 4.79 Å². The molecule has 22 heavy (non-hydrogen) atoms. The van der Waals surface area contributed by atoms with Crippen LogP contribution in [0.4, 0.5) is 4.79 Å². The van der Waals surface area contributed by atoms with Gasteiger partial charge in [0.05, 0.1) is 5.54 Å². The minimum atomic E-state index is -0.453. The van der Waals surface area contributed by atoms with Crippen LogP contribution in [0.2, 0.25) is 0 Å². The Bertz CT molecular complexity index is 524. The molecule has 4 nitrogen and oxygen atoms in total. The van der Waals surface area contributed by atoms with Crippen LogP contribution in [-0.4, -0.2) is 19.1 Å². The van der Waals surface area contributed by atoms with E-state index < -0.39 is 6.03 Å². The lowest BCUT2D eigenvalue weighted by Gasteiger charge is -2.38. The van der Waals surface area contributed by atoms with Gasteiger partial charge in [-0.3, -0.25) is 0 Å². The van der Waals surface area contributed by atoms with Crippen molar-refractivity contribution in [3.8, 4) is 0 Å². The highest BCUT2D eigenvalue weighted by atomic mass is 16.2. The Labute approximate surface area is 131 Å². The van der Waals surface area contributed by atoms with Crippen LogP contribution in [-0.2, 0) is 5.54 Å². The van der Waals surface area contributed by atoms with Crippen LogP contribution in [0.15, 0.2) is 66.7 Å².